The van der Waals surface area contributed by atoms with Crippen molar-refractivity contribution in [3.63, 3.8) is 0 Å². The molecule has 0 unspecified atom stereocenters. The molecule has 1 heterocycles. The highest BCUT2D eigenvalue weighted by atomic mass is 79.9. The van der Waals surface area contributed by atoms with Crippen molar-refractivity contribution in [3.8, 4) is 11.5 Å². The van der Waals surface area contributed by atoms with Crippen molar-refractivity contribution >= 4 is 33.6 Å². The topological polar surface area (TPSA) is 68.5 Å². The van der Waals surface area contributed by atoms with E-state index in [9.17, 15) is 4.79 Å². The first kappa shape index (κ1) is 20.6. The fourth-order valence-electron chi connectivity index (χ4n) is 2.52. The zero-order valence-electron chi connectivity index (χ0n) is 15.4. The van der Waals surface area contributed by atoms with Gasteiger partial charge in [0.2, 0.25) is 11.8 Å². The maximum Gasteiger partial charge on any atom is 0.277 e. The molecule has 0 spiro atoms. The third kappa shape index (κ3) is 5.92. The summed E-state index contributed by atoms with van der Waals surface area (Å²) in [6.07, 6.45) is 0. The number of carbonyl (C=O) groups excluding carboxylic acids is 1. The highest BCUT2D eigenvalue weighted by Crippen LogP contribution is 2.25. The van der Waals surface area contributed by atoms with Crippen LogP contribution in [-0.4, -0.2) is 47.0 Å². The van der Waals surface area contributed by atoms with Gasteiger partial charge in [-0.15, -0.1) is 10.2 Å². The van der Waals surface area contributed by atoms with Gasteiger partial charge >= 0.3 is 0 Å². The molecule has 0 radical (unpaired) electrons. The van der Waals surface area contributed by atoms with E-state index in [2.05, 4.69) is 26.1 Å². The van der Waals surface area contributed by atoms with Crippen LogP contribution in [0, 0.1) is 0 Å². The molecule has 6 nitrogen and oxygen atoms in total. The van der Waals surface area contributed by atoms with Crippen LogP contribution in [0.25, 0.3) is 11.5 Å². The molecule has 0 aliphatic rings. The highest BCUT2D eigenvalue weighted by Gasteiger charge is 2.17. The third-order valence-electron chi connectivity index (χ3n) is 3.93. The van der Waals surface area contributed by atoms with Gasteiger partial charge < -0.3 is 14.1 Å². The number of carbonyl (C=O) groups is 1. The van der Waals surface area contributed by atoms with Crippen LogP contribution in [-0.2, 0) is 16.1 Å². The van der Waals surface area contributed by atoms with E-state index in [4.69, 9.17) is 9.15 Å². The predicted molar refractivity (Wildman–Crippen MR) is 112 cm³/mol. The fraction of sp³-hybridized carbons (Fsp3) is 0.250. The minimum atomic E-state index is -0.00638. The Morgan fingerprint density at radius 1 is 1.18 bits per heavy atom. The van der Waals surface area contributed by atoms with Crippen LogP contribution in [0.1, 0.15) is 5.56 Å². The van der Waals surface area contributed by atoms with Gasteiger partial charge in [-0.05, 0) is 23.8 Å². The molecular weight excluding hydrogens is 442 g/mol. The normalized spacial score (nSPS) is 10.8. The second-order valence-electron chi connectivity index (χ2n) is 5.97. The number of hydrogen-bond acceptors (Lipinski definition) is 6. The van der Waals surface area contributed by atoms with Crippen LogP contribution < -0.4 is 0 Å². The fourth-order valence-corrected chi connectivity index (χ4v) is 3.58. The number of aromatic nitrogens is 2. The van der Waals surface area contributed by atoms with E-state index in [1.807, 2.05) is 54.6 Å². The van der Waals surface area contributed by atoms with Crippen LogP contribution in [0.5, 0.6) is 0 Å². The van der Waals surface area contributed by atoms with Crippen molar-refractivity contribution in [2.24, 2.45) is 0 Å². The first-order chi connectivity index (χ1) is 13.7. The number of hydrogen-bond donors (Lipinski definition) is 0. The Hall–Kier alpha value is -2.16. The Morgan fingerprint density at radius 2 is 2.00 bits per heavy atom. The Morgan fingerprint density at radius 3 is 2.75 bits per heavy atom. The van der Waals surface area contributed by atoms with Gasteiger partial charge in [0.15, 0.2) is 0 Å². The van der Waals surface area contributed by atoms with Gasteiger partial charge in [0.05, 0.1) is 12.4 Å². The van der Waals surface area contributed by atoms with Gasteiger partial charge in [0.1, 0.15) is 0 Å². The molecule has 0 saturated heterocycles. The number of methoxy groups -OCH3 is 1. The smallest absolute Gasteiger partial charge is 0.277 e. The number of nitrogens with zero attached hydrogens (tertiary/aromatic N) is 3. The number of halogens is 1. The van der Waals surface area contributed by atoms with Crippen molar-refractivity contribution in [1.82, 2.24) is 15.1 Å². The molecule has 0 atom stereocenters. The largest absolute Gasteiger partial charge is 0.411 e. The molecule has 0 fully saturated rings. The number of amides is 1. The average molecular weight is 462 g/mol. The molecule has 1 amide bonds. The van der Waals surface area contributed by atoms with Crippen molar-refractivity contribution in [2.75, 3.05) is 26.0 Å². The molecule has 2 aromatic carbocycles. The Bertz CT molecular complexity index is 904. The lowest BCUT2D eigenvalue weighted by molar-refractivity contribution is -0.129. The van der Waals surface area contributed by atoms with Crippen molar-refractivity contribution < 1.29 is 13.9 Å². The maximum atomic E-state index is 12.7. The number of thioether (sulfide) groups is 1. The lowest BCUT2D eigenvalue weighted by Crippen LogP contribution is -2.34. The Labute approximate surface area is 176 Å². The van der Waals surface area contributed by atoms with E-state index >= 15 is 0 Å². The van der Waals surface area contributed by atoms with Crippen molar-refractivity contribution in [3.05, 3.63) is 64.6 Å². The monoisotopic (exact) mass is 461 g/mol. The van der Waals surface area contributed by atoms with Crippen LogP contribution in [0.4, 0.5) is 0 Å². The summed E-state index contributed by atoms with van der Waals surface area (Å²) in [6.45, 7) is 1.55. The first-order valence-corrected chi connectivity index (χ1v) is 10.5. The van der Waals surface area contributed by atoms with E-state index in [-0.39, 0.29) is 11.7 Å². The molecular formula is C20H20BrN3O3S. The van der Waals surface area contributed by atoms with Gasteiger partial charge in [-0.3, -0.25) is 4.79 Å². The predicted octanol–water partition coefficient (Wildman–Crippen LogP) is 4.27. The minimum Gasteiger partial charge on any atom is -0.411 e. The van der Waals surface area contributed by atoms with E-state index in [1.165, 1.54) is 11.8 Å². The van der Waals surface area contributed by atoms with Gasteiger partial charge in [0, 0.05) is 30.2 Å². The molecule has 0 saturated carbocycles. The Balaban J connectivity index is 1.60. The second kappa shape index (κ2) is 10.4. The zero-order chi connectivity index (χ0) is 19.8. The standard InChI is InChI=1S/C20H20BrN3O3S/c1-26-11-10-24(13-15-6-3-2-4-7-15)18(25)14-28-20-23-22-19(27-20)16-8-5-9-17(21)12-16/h2-9,12H,10-11,13-14H2,1H3. The van der Waals surface area contributed by atoms with E-state index in [1.54, 1.807) is 12.0 Å². The SMILES string of the molecule is COCCN(Cc1ccccc1)C(=O)CSc1nnc(-c2cccc(Br)c2)o1. The van der Waals surface area contributed by atoms with E-state index in [0.29, 0.717) is 30.8 Å². The molecule has 0 aliphatic carbocycles. The number of benzene rings is 2. The van der Waals surface area contributed by atoms with Crippen molar-refractivity contribution in [1.29, 1.82) is 0 Å². The maximum absolute atomic E-state index is 12.7. The van der Waals surface area contributed by atoms with Crippen LogP contribution in [0.15, 0.2) is 68.7 Å². The summed E-state index contributed by atoms with van der Waals surface area (Å²) in [5, 5.41) is 8.47. The lowest BCUT2D eigenvalue weighted by Gasteiger charge is -2.22. The number of rotatable bonds is 9. The second-order valence-corrected chi connectivity index (χ2v) is 7.81. The van der Waals surface area contributed by atoms with Crippen LogP contribution >= 0.6 is 27.7 Å². The van der Waals surface area contributed by atoms with Gasteiger partial charge in [0.25, 0.3) is 5.22 Å². The van der Waals surface area contributed by atoms with Gasteiger partial charge in [-0.2, -0.15) is 0 Å². The first-order valence-electron chi connectivity index (χ1n) is 8.68. The molecule has 0 N–H and O–H groups in total. The van der Waals surface area contributed by atoms with Crippen LogP contribution in [0.3, 0.4) is 0 Å². The third-order valence-corrected chi connectivity index (χ3v) is 5.23. The quantitative estimate of drug-likeness (QED) is 0.443. The summed E-state index contributed by atoms with van der Waals surface area (Å²) in [7, 11) is 1.63. The molecule has 3 aromatic rings. The molecule has 0 bridgehead atoms. The molecule has 3 rings (SSSR count). The van der Waals surface area contributed by atoms with E-state index < -0.39 is 0 Å². The molecule has 8 heteroatoms. The molecule has 28 heavy (non-hydrogen) atoms. The molecule has 146 valence electrons. The van der Waals surface area contributed by atoms with Crippen LogP contribution in [0.2, 0.25) is 0 Å². The number of ether oxygens (including phenoxy) is 1. The zero-order valence-corrected chi connectivity index (χ0v) is 17.8. The van der Waals surface area contributed by atoms with Gasteiger partial charge in [-0.25, -0.2) is 0 Å². The summed E-state index contributed by atoms with van der Waals surface area (Å²) >= 11 is 4.66. The van der Waals surface area contributed by atoms with E-state index in [0.717, 1.165) is 15.6 Å². The summed E-state index contributed by atoms with van der Waals surface area (Å²) in [4.78, 5) is 14.5. The summed E-state index contributed by atoms with van der Waals surface area (Å²) in [5.74, 6) is 0.640. The molecule has 0 aliphatic heterocycles. The lowest BCUT2D eigenvalue weighted by atomic mass is 10.2. The highest BCUT2D eigenvalue weighted by molar-refractivity contribution is 9.10. The summed E-state index contributed by atoms with van der Waals surface area (Å²) < 4.78 is 11.8. The van der Waals surface area contributed by atoms with Gasteiger partial charge in [-0.1, -0.05) is 64.1 Å². The summed E-state index contributed by atoms with van der Waals surface area (Å²) in [6, 6.07) is 17.5. The Kier molecular flexibility index (Phi) is 7.64. The summed E-state index contributed by atoms with van der Waals surface area (Å²) in [5.41, 5.74) is 1.90. The average Bonchev–Trinajstić information content (AvgIpc) is 3.19. The van der Waals surface area contributed by atoms with Crippen molar-refractivity contribution in [2.45, 2.75) is 11.8 Å². The minimum absolute atomic E-state index is 0.00638. The molecule has 1 aromatic heterocycles.